The molecule has 0 unspecified atom stereocenters. The quantitative estimate of drug-likeness (QED) is 0.811. The second-order valence-corrected chi connectivity index (χ2v) is 3.37. The van der Waals surface area contributed by atoms with Crippen molar-refractivity contribution in [1.82, 2.24) is 0 Å². The zero-order valence-electron chi connectivity index (χ0n) is 7.77. The molecule has 1 aromatic rings. The van der Waals surface area contributed by atoms with Crippen LogP contribution in [-0.4, -0.2) is 13.2 Å². The molecule has 1 aromatic carbocycles. The van der Waals surface area contributed by atoms with Gasteiger partial charge in [0, 0.05) is 11.1 Å². The van der Waals surface area contributed by atoms with E-state index in [1.165, 1.54) is 12.1 Å². The van der Waals surface area contributed by atoms with Gasteiger partial charge in [0.25, 0.3) is 0 Å². The highest BCUT2D eigenvalue weighted by Gasteiger charge is 2.15. The molecule has 0 bridgehead atoms. The Bertz CT molecular complexity index is 345. The van der Waals surface area contributed by atoms with Gasteiger partial charge < -0.3 is 9.47 Å². The lowest BCUT2D eigenvalue weighted by molar-refractivity contribution is -0.0513. The van der Waals surface area contributed by atoms with E-state index in [-0.39, 0.29) is 16.5 Å². The molecule has 2 nitrogen and oxygen atoms in total. The first-order chi connectivity index (χ1) is 7.04. The molecule has 0 N–H and O–H groups in total. The molecule has 6 heteroatoms. The molecule has 0 aliphatic rings. The molecule has 0 aromatic heterocycles. The molecule has 0 saturated carbocycles. The summed E-state index contributed by atoms with van der Waals surface area (Å²) < 4.78 is 33.4. The highest BCUT2D eigenvalue weighted by molar-refractivity contribution is 6.35. The van der Waals surface area contributed by atoms with Gasteiger partial charge in [0.1, 0.15) is 0 Å². The molecule has 84 valence electrons. The van der Waals surface area contributed by atoms with Crippen molar-refractivity contribution in [1.29, 1.82) is 0 Å². The SMILES string of the molecule is CCOc1cc(Cl)cc(Cl)c1OC(F)F. The summed E-state index contributed by atoms with van der Waals surface area (Å²) in [4.78, 5) is 0. The first-order valence-electron chi connectivity index (χ1n) is 4.11. The van der Waals surface area contributed by atoms with E-state index in [1.807, 2.05) is 0 Å². The Morgan fingerprint density at radius 3 is 2.53 bits per heavy atom. The van der Waals surface area contributed by atoms with E-state index in [2.05, 4.69) is 4.74 Å². The molecular weight excluding hydrogens is 249 g/mol. The molecule has 0 saturated heterocycles. The number of hydrogen-bond acceptors (Lipinski definition) is 2. The van der Waals surface area contributed by atoms with Crippen LogP contribution in [0.1, 0.15) is 6.92 Å². The van der Waals surface area contributed by atoms with Crippen molar-refractivity contribution in [2.75, 3.05) is 6.61 Å². The summed E-state index contributed by atoms with van der Waals surface area (Å²) in [6, 6.07) is 2.68. The van der Waals surface area contributed by atoms with E-state index >= 15 is 0 Å². The fourth-order valence-electron chi connectivity index (χ4n) is 1.00. The van der Waals surface area contributed by atoms with Gasteiger partial charge in [-0.3, -0.25) is 0 Å². The van der Waals surface area contributed by atoms with E-state index in [4.69, 9.17) is 27.9 Å². The Balaban J connectivity index is 3.08. The number of hydrogen-bond donors (Lipinski definition) is 0. The van der Waals surface area contributed by atoms with Crippen LogP contribution in [0.3, 0.4) is 0 Å². The van der Waals surface area contributed by atoms with E-state index in [0.29, 0.717) is 11.6 Å². The smallest absolute Gasteiger partial charge is 0.387 e. The zero-order valence-corrected chi connectivity index (χ0v) is 9.28. The highest BCUT2D eigenvalue weighted by atomic mass is 35.5. The second-order valence-electron chi connectivity index (χ2n) is 2.53. The first-order valence-corrected chi connectivity index (χ1v) is 4.86. The molecule has 0 radical (unpaired) electrons. The standard InChI is InChI=1S/C9H8Cl2F2O2/c1-2-14-7-4-5(10)3-6(11)8(7)15-9(12)13/h3-4,9H,2H2,1H3. The van der Waals surface area contributed by atoms with Gasteiger partial charge in [0.2, 0.25) is 0 Å². The molecule has 0 heterocycles. The summed E-state index contributed by atoms with van der Waals surface area (Å²) in [5.41, 5.74) is 0. The molecule has 0 atom stereocenters. The van der Waals surface area contributed by atoms with Crippen molar-refractivity contribution in [3.05, 3.63) is 22.2 Å². The molecule has 1 rings (SSSR count). The lowest BCUT2D eigenvalue weighted by atomic mass is 10.3. The number of benzene rings is 1. The topological polar surface area (TPSA) is 18.5 Å². The Labute approximate surface area is 95.7 Å². The lowest BCUT2D eigenvalue weighted by Crippen LogP contribution is -2.05. The van der Waals surface area contributed by atoms with Gasteiger partial charge in [-0.2, -0.15) is 8.78 Å². The van der Waals surface area contributed by atoms with Gasteiger partial charge >= 0.3 is 6.61 Å². The summed E-state index contributed by atoms with van der Waals surface area (Å²) in [6.45, 7) is -0.945. The Kier molecular flexibility index (Phi) is 4.42. The van der Waals surface area contributed by atoms with Gasteiger partial charge in [0.15, 0.2) is 11.5 Å². The van der Waals surface area contributed by atoms with Crippen LogP contribution in [0.25, 0.3) is 0 Å². The van der Waals surface area contributed by atoms with Crippen LogP contribution < -0.4 is 9.47 Å². The van der Waals surface area contributed by atoms with Gasteiger partial charge in [-0.05, 0) is 13.0 Å². The minimum atomic E-state index is -2.96. The third kappa shape index (κ3) is 3.39. The fraction of sp³-hybridized carbons (Fsp3) is 0.333. The Hall–Kier alpha value is -0.740. The van der Waals surface area contributed by atoms with Crippen LogP contribution in [0.15, 0.2) is 12.1 Å². The minimum absolute atomic E-state index is 0.00810. The van der Waals surface area contributed by atoms with Gasteiger partial charge in [0.05, 0.1) is 11.6 Å². The fourth-order valence-corrected chi connectivity index (χ4v) is 1.52. The molecule has 0 aliphatic heterocycles. The van der Waals surface area contributed by atoms with E-state index < -0.39 is 6.61 Å². The lowest BCUT2D eigenvalue weighted by Gasteiger charge is -2.12. The van der Waals surface area contributed by atoms with Crippen molar-refractivity contribution < 1.29 is 18.3 Å². The minimum Gasteiger partial charge on any atom is -0.490 e. The normalized spacial score (nSPS) is 10.5. The number of rotatable bonds is 4. The van der Waals surface area contributed by atoms with Crippen LogP contribution in [0.2, 0.25) is 10.0 Å². The van der Waals surface area contributed by atoms with Crippen molar-refractivity contribution in [2.24, 2.45) is 0 Å². The molecule has 0 fully saturated rings. The Morgan fingerprint density at radius 2 is 2.00 bits per heavy atom. The third-order valence-corrected chi connectivity index (χ3v) is 1.98. The zero-order chi connectivity index (χ0) is 11.4. The van der Waals surface area contributed by atoms with Crippen LogP contribution >= 0.6 is 23.2 Å². The number of halogens is 4. The predicted octanol–water partition coefficient (Wildman–Crippen LogP) is 3.99. The molecule has 15 heavy (non-hydrogen) atoms. The number of alkyl halides is 2. The predicted molar refractivity (Wildman–Crippen MR) is 54.3 cm³/mol. The van der Waals surface area contributed by atoms with Crippen molar-refractivity contribution in [3.8, 4) is 11.5 Å². The number of ether oxygens (including phenoxy) is 2. The summed E-state index contributed by atoms with van der Waals surface area (Å²) in [5.74, 6) is -0.0896. The van der Waals surface area contributed by atoms with E-state index in [0.717, 1.165) is 0 Å². The van der Waals surface area contributed by atoms with Crippen molar-refractivity contribution in [2.45, 2.75) is 13.5 Å². The Morgan fingerprint density at radius 1 is 1.33 bits per heavy atom. The average Bonchev–Trinajstić information content (AvgIpc) is 2.11. The molecule has 0 amide bonds. The summed E-state index contributed by atoms with van der Waals surface area (Å²) in [5, 5.41) is 0.288. The van der Waals surface area contributed by atoms with Crippen molar-refractivity contribution in [3.63, 3.8) is 0 Å². The van der Waals surface area contributed by atoms with Gasteiger partial charge in [-0.1, -0.05) is 23.2 Å². The third-order valence-electron chi connectivity index (χ3n) is 1.48. The summed E-state index contributed by atoms with van der Waals surface area (Å²) in [7, 11) is 0. The maximum absolute atomic E-state index is 12.1. The summed E-state index contributed by atoms with van der Waals surface area (Å²) >= 11 is 11.4. The first kappa shape index (κ1) is 12.3. The van der Waals surface area contributed by atoms with Crippen LogP contribution in [0.5, 0.6) is 11.5 Å². The van der Waals surface area contributed by atoms with Gasteiger partial charge in [-0.15, -0.1) is 0 Å². The molecule has 0 aliphatic carbocycles. The monoisotopic (exact) mass is 256 g/mol. The van der Waals surface area contributed by atoms with Crippen LogP contribution in [0, 0.1) is 0 Å². The largest absolute Gasteiger partial charge is 0.490 e. The van der Waals surface area contributed by atoms with E-state index in [1.54, 1.807) is 6.92 Å². The highest BCUT2D eigenvalue weighted by Crippen LogP contribution is 2.38. The maximum atomic E-state index is 12.1. The van der Waals surface area contributed by atoms with Gasteiger partial charge in [-0.25, -0.2) is 0 Å². The van der Waals surface area contributed by atoms with Crippen LogP contribution in [0.4, 0.5) is 8.78 Å². The summed E-state index contributed by atoms with van der Waals surface area (Å²) in [6.07, 6.45) is 0. The van der Waals surface area contributed by atoms with E-state index in [9.17, 15) is 8.78 Å². The second kappa shape index (κ2) is 5.37. The van der Waals surface area contributed by atoms with Crippen LogP contribution in [-0.2, 0) is 0 Å². The molecule has 0 spiro atoms. The molecular formula is C9H8Cl2F2O2. The van der Waals surface area contributed by atoms with Crippen molar-refractivity contribution >= 4 is 23.2 Å². The maximum Gasteiger partial charge on any atom is 0.387 e. The average molecular weight is 257 g/mol.